The van der Waals surface area contributed by atoms with Crippen molar-refractivity contribution in [2.24, 2.45) is 13.0 Å². The van der Waals surface area contributed by atoms with Crippen molar-refractivity contribution in [3.05, 3.63) is 23.0 Å². The second-order valence-electron chi connectivity index (χ2n) is 7.00. The molecule has 138 valence electrons. The highest BCUT2D eigenvalue weighted by molar-refractivity contribution is 5.90. The Balaban J connectivity index is 1.88. The number of aryl methyl sites for hydroxylation is 2. The summed E-state index contributed by atoms with van der Waals surface area (Å²) in [6, 6.07) is 0.179. The molecule has 1 amide bonds. The second kappa shape index (κ2) is 8.32. The predicted molar refractivity (Wildman–Crippen MR) is 96.8 cm³/mol. The molecule has 0 spiro atoms. The highest BCUT2D eigenvalue weighted by Gasteiger charge is 2.26. The summed E-state index contributed by atoms with van der Waals surface area (Å²) < 4.78 is 7.00. The van der Waals surface area contributed by atoms with Crippen LogP contribution in [0.4, 0.5) is 0 Å². The molecule has 0 bridgehead atoms. The van der Waals surface area contributed by atoms with Gasteiger partial charge >= 0.3 is 5.97 Å². The maximum absolute atomic E-state index is 12.3. The predicted octanol–water partition coefficient (Wildman–Crippen LogP) is 2.68. The largest absolute Gasteiger partial charge is 0.449 e. The second-order valence-corrected chi connectivity index (χ2v) is 7.00. The van der Waals surface area contributed by atoms with Crippen LogP contribution in [0.15, 0.2) is 6.08 Å². The van der Waals surface area contributed by atoms with E-state index in [9.17, 15) is 9.59 Å². The van der Waals surface area contributed by atoms with Gasteiger partial charge in [-0.2, -0.15) is 5.10 Å². The topological polar surface area (TPSA) is 73.2 Å². The average molecular weight is 347 g/mol. The van der Waals surface area contributed by atoms with Crippen molar-refractivity contribution in [2.75, 3.05) is 0 Å². The summed E-state index contributed by atoms with van der Waals surface area (Å²) in [5, 5.41) is 7.31. The maximum Gasteiger partial charge on any atom is 0.331 e. The minimum Gasteiger partial charge on any atom is -0.449 e. The van der Waals surface area contributed by atoms with Gasteiger partial charge in [0, 0.05) is 30.4 Å². The van der Waals surface area contributed by atoms with Crippen molar-refractivity contribution < 1.29 is 14.3 Å². The Morgan fingerprint density at radius 1 is 1.32 bits per heavy atom. The van der Waals surface area contributed by atoms with E-state index in [0.717, 1.165) is 36.2 Å². The minimum atomic E-state index is -0.803. The third-order valence-corrected chi connectivity index (χ3v) is 5.05. The van der Waals surface area contributed by atoms with Crippen LogP contribution in [-0.4, -0.2) is 33.8 Å². The smallest absolute Gasteiger partial charge is 0.331 e. The van der Waals surface area contributed by atoms with Gasteiger partial charge in [0.15, 0.2) is 6.10 Å². The van der Waals surface area contributed by atoms with Crippen LogP contribution in [0.1, 0.15) is 56.5 Å². The maximum atomic E-state index is 12.3. The zero-order valence-electron chi connectivity index (χ0n) is 15.8. The van der Waals surface area contributed by atoms with Gasteiger partial charge in [-0.25, -0.2) is 4.79 Å². The molecule has 2 rings (SSSR count). The van der Waals surface area contributed by atoms with E-state index >= 15 is 0 Å². The van der Waals surface area contributed by atoms with E-state index in [4.69, 9.17) is 4.74 Å². The molecule has 3 atom stereocenters. The third-order valence-electron chi connectivity index (χ3n) is 5.05. The molecule has 0 unspecified atom stereocenters. The molecular formula is C19H29N3O3. The fourth-order valence-corrected chi connectivity index (χ4v) is 3.28. The van der Waals surface area contributed by atoms with Crippen molar-refractivity contribution in [3.8, 4) is 0 Å². The van der Waals surface area contributed by atoms with E-state index in [2.05, 4.69) is 17.3 Å². The zero-order valence-corrected chi connectivity index (χ0v) is 15.8. The lowest BCUT2D eigenvalue weighted by atomic mass is 9.86. The number of rotatable bonds is 5. The summed E-state index contributed by atoms with van der Waals surface area (Å²) >= 11 is 0. The van der Waals surface area contributed by atoms with Crippen LogP contribution in [0.5, 0.6) is 0 Å². The molecule has 1 aromatic heterocycles. The summed E-state index contributed by atoms with van der Waals surface area (Å²) in [6.07, 6.45) is 6.71. The number of carbonyl (C=O) groups excluding carboxylic acids is 2. The van der Waals surface area contributed by atoms with E-state index < -0.39 is 12.1 Å². The summed E-state index contributed by atoms with van der Waals surface area (Å²) in [5.41, 5.74) is 2.72. The van der Waals surface area contributed by atoms with Crippen LogP contribution in [0.3, 0.4) is 0 Å². The lowest BCUT2D eigenvalue weighted by molar-refractivity contribution is -0.150. The number of amides is 1. The van der Waals surface area contributed by atoms with Gasteiger partial charge in [-0.1, -0.05) is 19.8 Å². The quantitative estimate of drug-likeness (QED) is 0.656. The van der Waals surface area contributed by atoms with E-state index in [1.807, 2.05) is 20.9 Å². The monoisotopic (exact) mass is 347 g/mol. The van der Waals surface area contributed by atoms with Gasteiger partial charge < -0.3 is 10.1 Å². The standard InChI is InChI=1S/C19H29N3O3/c1-12-8-6-7-9-17(12)20-19(24)15(4)25-18(23)11-10-16-13(2)21-22(5)14(16)3/h10-12,15,17H,6-9H2,1-5H3,(H,20,24)/b11-10+/t12-,15+,17+/m0/s1. The van der Waals surface area contributed by atoms with E-state index in [-0.39, 0.29) is 11.9 Å². The Kier molecular flexibility index (Phi) is 6.39. The van der Waals surface area contributed by atoms with Crippen LogP contribution >= 0.6 is 0 Å². The molecule has 1 aliphatic carbocycles. The summed E-state index contributed by atoms with van der Waals surface area (Å²) in [6.45, 7) is 7.59. The van der Waals surface area contributed by atoms with Crippen LogP contribution in [-0.2, 0) is 21.4 Å². The Morgan fingerprint density at radius 2 is 2.00 bits per heavy atom. The molecule has 0 radical (unpaired) electrons. The first kappa shape index (κ1) is 19.2. The van der Waals surface area contributed by atoms with Gasteiger partial charge in [-0.3, -0.25) is 9.48 Å². The molecule has 1 aliphatic rings. The lowest BCUT2D eigenvalue weighted by Gasteiger charge is -2.30. The Morgan fingerprint density at radius 3 is 2.60 bits per heavy atom. The summed E-state index contributed by atoms with van der Waals surface area (Å²) in [4.78, 5) is 24.3. The molecule has 1 N–H and O–H groups in total. The van der Waals surface area contributed by atoms with Crippen molar-refractivity contribution in [3.63, 3.8) is 0 Å². The Hall–Kier alpha value is -2.11. The van der Waals surface area contributed by atoms with Crippen molar-refractivity contribution in [1.82, 2.24) is 15.1 Å². The van der Waals surface area contributed by atoms with E-state index in [0.29, 0.717) is 5.92 Å². The first-order chi connectivity index (χ1) is 11.8. The number of hydrogen-bond donors (Lipinski definition) is 1. The van der Waals surface area contributed by atoms with E-state index in [1.54, 1.807) is 17.7 Å². The number of carbonyl (C=O) groups is 2. The first-order valence-corrected chi connectivity index (χ1v) is 8.99. The third kappa shape index (κ3) is 4.94. The van der Waals surface area contributed by atoms with Crippen LogP contribution in [0.2, 0.25) is 0 Å². The zero-order chi connectivity index (χ0) is 18.6. The van der Waals surface area contributed by atoms with Gasteiger partial charge in [-0.15, -0.1) is 0 Å². The average Bonchev–Trinajstić information content (AvgIpc) is 2.80. The highest BCUT2D eigenvalue weighted by Crippen LogP contribution is 2.23. The number of esters is 1. The van der Waals surface area contributed by atoms with Crippen LogP contribution in [0, 0.1) is 19.8 Å². The van der Waals surface area contributed by atoms with Gasteiger partial charge in [0.25, 0.3) is 5.91 Å². The summed E-state index contributed by atoms with van der Waals surface area (Å²) in [7, 11) is 1.86. The van der Waals surface area contributed by atoms with Crippen molar-refractivity contribution in [1.29, 1.82) is 0 Å². The molecule has 0 saturated heterocycles. The molecule has 0 aromatic carbocycles. The molecule has 1 saturated carbocycles. The SMILES string of the molecule is Cc1nn(C)c(C)c1/C=C/C(=O)O[C@H](C)C(=O)N[C@@H]1CCCC[C@@H]1C. The number of hydrogen-bond acceptors (Lipinski definition) is 4. The van der Waals surface area contributed by atoms with Crippen LogP contribution < -0.4 is 5.32 Å². The fourth-order valence-electron chi connectivity index (χ4n) is 3.28. The van der Waals surface area contributed by atoms with Gasteiger partial charge in [0.1, 0.15) is 0 Å². The van der Waals surface area contributed by atoms with Crippen molar-refractivity contribution >= 4 is 18.0 Å². The molecule has 1 heterocycles. The minimum absolute atomic E-state index is 0.179. The lowest BCUT2D eigenvalue weighted by Crippen LogP contribution is -2.45. The number of nitrogens with one attached hydrogen (secondary N) is 1. The number of ether oxygens (including phenoxy) is 1. The molecular weight excluding hydrogens is 318 g/mol. The van der Waals surface area contributed by atoms with Crippen molar-refractivity contribution in [2.45, 2.75) is 65.5 Å². The normalized spacial score (nSPS) is 22.0. The van der Waals surface area contributed by atoms with Gasteiger partial charge in [-0.05, 0) is 45.6 Å². The molecule has 1 aromatic rings. The molecule has 0 aliphatic heterocycles. The Bertz CT molecular complexity index is 663. The highest BCUT2D eigenvalue weighted by atomic mass is 16.5. The molecule has 25 heavy (non-hydrogen) atoms. The first-order valence-electron chi connectivity index (χ1n) is 8.99. The number of nitrogens with zero attached hydrogens (tertiary/aromatic N) is 2. The molecule has 1 fully saturated rings. The van der Waals surface area contributed by atoms with Gasteiger partial charge in [0.05, 0.1) is 5.69 Å². The van der Waals surface area contributed by atoms with Crippen LogP contribution in [0.25, 0.3) is 6.08 Å². The van der Waals surface area contributed by atoms with Gasteiger partial charge in [0.2, 0.25) is 0 Å². The number of aromatic nitrogens is 2. The molecule has 6 heteroatoms. The Labute approximate surface area is 149 Å². The summed E-state index contributed by atoms with van der Waals surface area (Å²) in [5.74, 6) is -0.284. The molecule has 6 nitrogen and oxygen atoms in total. The van der Waals surface area contributed by atoms with E-state index in [1.165, 1.54) is 12.5 Å². The fraction of sp³-hybridized carbons (Fsp3) is 0.632.